The third-order valence-electron chi connectivity index (χ3n) is 9.16. The van der Waals surface area contributed by atoms with Gasteiger partial charge in [-0.05, 0) is 85.0 Å². The maximum absolute atomic E-state index is 14.3. The Bertz CT molecular complexity index is 2190. The van der Waals surface area contributed by atoms with Gasteiger partial charge >= 0.3 is 0 Å². The van der Waals surface area contributed by atoms with Crippen molar-refractivity contribution in [2.24, 2.45) is 0 Å². The molecule has 0 unspecified atom stereocenters. The second-order valence-electron chi connectivity index (χ2n) is 11.9. The lowest BCUT2D eigenvalue weighted by Gasteiger charge is -2.27. The van der Waals surface area contributed by atoms with Crippen LogP contribution < -0.4 is 10.6 Å². The molecule has 10 nitrogen and oxygen atoms in total. The van der Waals surface area contributed by atoms with Crippen molar-refractivity contribution in [1.82, 2.24) is 0 Å². The van der Waals surface area contributed by atoms with Crippen LogP contribution in [0.3, 0.4) is 0 Å². The molecule has 0 fully saturated rings. The SMILES string of the molecule is CCc1c(Br)c(C)c(Nc2ccc(Nc3c(C)c(Br)c(CC)c(S(=O)(=O)O)c3CC)c3c2C(=O)c2ccccc2C3=O)c(CC)c1S(=O)(=O)O. The first kappa shape index (κ1) is 37.8. The van der Waals surface area contributed by atoms with Gasteiger partial charge < -0.3 is 10.6 Å². The first-order valence-electron chi connectivity index (χ1n) is 16.0. The van der Waals surface area contributed by atoms with E-state index in [0.29, 0.717) is 66.5 Å². The first-order valence-corrected chi connectivity index (χ1v) is 20.4. The Labute approximate surface area is 308 Å². The van der Waals surface area contributed by atoms with Gasteiger partial charge in [-0.2, -0.15) is 16.8 Å². The van der Waals surface area contributed by atoms with E-state index in [2.05, 4.69) is 42.5 Å². The summed E-state index contributed by atoms with van der Waals surface area (Å²) in [5.74, 6) is -0.908. The summed E-state index contributed by atoms with van der Waals surface area (Å²) in [6, 6.07) is 9.62. The fourth-order valence-electron chi connectivity index (χ4n) is 6.88. The van der Waals surface area contributed by atoms with Crippen molar-refractivity contribution in [2.75, 3.05) is 10.6 Å². The normalized spacial score (nSPS) is 12.9. The third-order valence-corrected chi connectivity index (χ3v) is 13.3. The lowest BCUT2D eigenvalue weighted by Crippen LogP contribution is -2.24. The van der Waals surface area contributed by atoms with Crippen LogP contribution in [0.15, 0.2) is 55.1 Å². The largest absolute Gasteiger partial charge is 0.354 e. The van der Waals surface area contributed by atoms with Crippen LogP contribution in [0.2, 0.25) is 0 Å². The summed E-state index contributed by atoms with van der Waals surface area (Å²) in [5.41, 5.74) is 4.33. The van der Waals surface area contributed by atoms with Gasteiger partial charge in [-0.3, -0.25) is 18.7 Å². The Morgan fingerprint density at radius 1 is 0.580 bits per heavy atom. The zero-order valence-corrected chi connectivity index (χ0v) is 33.0. The Morgan fingerprint density at radius 2 is 0.900 bits per heavy atom. The minimum Gasteiger partial charge on any atom is -0.354 e. The number of halogens is 2. The molecule has 0 radical (unpaired) electrons. The lowest BCUT2D eigenvalue weighted by atomic mass is 9.82. The fraction of sp³-hybridized carbons (Fsp3) is 0.278. The van der Waals surface area contributed by atoms with E-state index in [9.17, 15) is 35.5 Å². The topological polar surface area (TPSA) is 167 Å². The van der Waals surface area contributed by atoms with Gasteiger partial charge in [0.25, 0.3) is 20.2 Å². The highest BCUT2D eigenvalue weighted by atomic mass is 79.9. The zero-order valence-electron chi connectivity index (χ0n) is 28.2. The van der Waals surface area contributed by atoms with E-state index >= 15 is 0 Å². The maximum Gasteiger partial charge on any atom is 0.295 e. The predicted molar refractivity (Wildman–Crippen MR) is 201 cm³/mol. The van der Waals surface area contributed by atoms with Crippen molar-refractivity contribution in [3.63, 3.8) is 0 Å². The lowest BCUT2D eigenvalue weighted by molar-refractivity contribution is 0.0980. The first-order chi connectivity index (χ1) is 23.4. The van der Waals surface area contributed by atoms with Crippen LogP contribution in [0.1, 0.15) is 92.9 Å². The van der Waals surface area contributed by atoms with Crippen molar-refractivity contribution in [1.29, 1.82) is 0 Å². The summed E-state index contributed by atoms with van der Waals surface area (Å²) >= 11 is 7.05. The van der Waals surface area contributed by atoms with Gasteiger partial charge in [0.2, 0.25) is 0 Å². The minimum atomic E-state index is -4.66. The van der Waals surface area contributed by atoms with Crippen LogP contribution in [0, 0.1) is 13.8 Å². The summed E-state index contributed by atoms with van der Waals surface area (Å²) < 4.78 is 72.5. The van der Waals surface area contributed by atoms with E-state index in [1.807, 2.05) is 0 Å². The van der Waals surface area contributed by atoms with Gasteiger partial charge in [-0.1, -0.05) is 83.8 Å². The second-order valence-corrected chi connectivity index (χ2v) is 16.2. The molecule has 264 valence electrons. The Balaban J connectivity index is 1.83. The highest BCUT2D eigenvalue weighted by Gasteiger charge is 2.36. The molecule has 0 saturated heterocycles. The Hall–Kier alpha value is -3.40. The van der Waals surface area contributed by atoms with Crippen molar-refractivity contribution < 1.29 is 35.5 Å². The van der Waals surface area contributed by atoms with E-state index < -0.39 is 31.8 Å². The fourth-order valence-corrected chi connectivity index (χ4v) is 10.7. The van der Waals surface area contributed by atoms with Crippen LogP contribution in [0.4, 0.5) is 22.7 Å². The molecule has 0 heterocycles. The van der Waals surface area contributed by atoms with Crippen LogP contribution in [0.5, 0.6) is 0 Å². The van der Waals surface area contributed by atoms with Gasteiger partial charge in [0, 0.05) is 31.4 Å². The molecule has 14 heteroatoms. The van der Waals surface area contributed by atoms with E-state index in [0.717, 1.165) is 0 Å². The van der Waals surface area contributed by atoms with Gasteiger partial charge in [-0.25, -0.2) is 0 Å². The average molecular weight is 849 g/mol. The molecule has 0 atom stereocenters. The van der Waals surface area contributed by atoms with E-state index in [-0.39, 0.29) is 56.3 Å². The molecule has 1 aliphatic rings. The molecule has 4 aromatic carbocycles. The third kappa shape index (κ3) is 6.24. The van der Waals surface area contributed by atoms with Crippen LogP contribution >= 0.6 is 31.9 Å². The smallest absolute Gasteiger partial charge is 0.295 e. The van der Waals surface area contributed by atoms with Crippen molar-refractivity contribution >= 4 is 86.4 Å². The van der Waals surface area contributed by atoms with Crippen molar-refractivity contribution in [3.05, 3.63) is 101 Å². The molecule has 4 aromatic rings. The molecule has 0 spiro atoms. The average Bonchev–Trinajstić information content (AvgIpc) is 3.06. The number of hydrogen-bond acceptors (Lipinski definition) is 8. The quantitative estimate of drug-likeness (QED) is 0.0998. The molecular weight excluding hydrogens is 812 g/mol. The van der Waals surface area contributed by atoms with Gasteiger partial charge in [0.05, 0.1) is 22.5 Å². The number of carbonyl (C=O) groups is 2. The summed E-state index contributed by atoms with van der Waals surface area (Å²) in [6.07, 6.45) is 1.07. The second kappa shape index (κ2) is 14.0. The van der Waals surface area contributed by atoms with E-state index in [4.69, 9.17) is 0 Å². The number of ketones is 2. The number of nitrogens with one attached hydrogen (secondary N) is 2. The number of carbonyl (C=O) groups excluding carboxylic acids is 2. The van der Waals surface area contributed by atoms with Gasteiger partial charge in [0.1, 0.15) is 9.79 Å². The number of anilines is 4. The number of hydrogen-bond donors (Lipinski definition) is 4. The number of fused-ring (bicyclic) bond motifs is 2. The molecule has 50 heavy (non-hydrogen) atoms. The molecular formula is C36H36Br2N2O8S2. The molecule has 1 aliphatic carbocycles. The number of rotatable bonds is 10. The molecule has 5 rings (SSSR count). The summed E-state index contributed by atoms with van der Waals surface area (Å²) in [5, 5.41) is 6.52. The highest BCUT2D eigenvalue weighted by molar-refractivity contribution is 9.11. The standard InChI is InChI=1S/C36H36Br2N2O8S2/c1-7-19-29(37)17(5)31(21(9-3)35(19)49(43,44)45)39-25-15-16-26(28-27(25)33(41)23-13-11-12-14-24(23)34(28)42)40-32-18(6)30(38)20(8-2)36(22(32)10-4)50(46,47)48/h11-16,39-40H,7-10H2,1-6H3,(H,43,44,45)(H,46,47,48). The van der Waals surface area contributed by atoms with Crippen LogP contribution in [-0.4, -0.2) is 37.5 Å². The molecule has 0 bridgehead atoms. The Morgan fingerprint density at radius 3 is 1.18 bits per heavy atom. The summed E-state index contributed by atoms with van der Waals surface area (Å²) in [7, 11) is -9.32. The molecule has 0 amide bonds. The van der Waals surface area contributed by atoms with Gasteiger partial charge in [0.15, 0.2) is 11.6 Å². The van der Waals surface area contributed by atoms with Crippen molar-refractivity contribution in [3.8, 4) is 0 Å². The van der Waals surface area contributed by atoms with Crippen molar-refractivity contribution in [2.45, 2.75) is 77.0 Å². The number of benzene rings is 4. The molecule has 0 aromatic heterocycles. The summed E-state index contributed by atoms with van der Waals surface area (Å²) in [4.78, 5) is 28.2. The van der Waals surface area contributed by atoms with Crippen LogP contribution in [-0.2, 0) is 45.9 Å². The minimum absolute atomic E-state index is 0.0270. The zero-order chi connectivity index (χ0) is 37.0. The molecule has 4 N–H and O–H groups in total. The van der Waals surface area contributed by atoms with Crippen LogP contribution in [0.25, 0.3) is 0 Å². The maximum atomic E-state index is 14.3. The predicted octanol–water partition coefficient (Wildman–Crippen LogP) is 8.83. The molecule has 0 saturated carbocycles. The Kier molecular flexibility index (Phi) is 10.6. The van der Waals surface area contributed by atoms with E-state index in [1.165, 1.54) is 0 Å². The monoisotopic (exact) mass is 846 g/mol. The van der Waals surface area contributed by atoms with Gasteiger partial charge in [-0.15, -0.1) is 0 Å². The molecule has 0 aliphatic heterocycles. The summed E-state index contributed by atoms with van der Waals surface area (Å²) in [6.45, 7) is 10.6. The highest BCUT2D eigenvalue weighted by Crippen LogP contribution is 2.45. The van der Waals surface area contributed by atoms with E-state index in [1.54, 1.807) is 77.9 Å².